The SMILES string of the molecule is O=C1CC[C@@H]2CN(Cc3ccco3)CC[C@@H]2N1CCc1cccc(F)c1. The van der Waals surface area contributed by atoms with Gasteiger partial charge in [0.05, 0.1) is 12.8 Å². The van der Waals surface area contributed by atoms with Crippen molar-refractivity contribution in [3.8, 4) is 0 Å². The first kappa shape index (κ1) is 17.3. The van der Waals surface area contributed by atoms with Gasteiger partial charge in [-0.2, -0.15) is 0 Å². The van der Waals surface area contributed by atoms with Crippen molar-refractivity contribution in [1.82, 2.24) is 9.80 Å². The third kappa shape index (κ3) is 3.83. The maximum Gasteiger partial charge on any atom is 0.222 e. The fourth-order valence-corrected chi connectivity index (χ4v) is 4.43. The van der Waals surface area contributed by atoms with Crippen molar-refractivity contribution in [2.75, 3.05) is 19.6 Å². The normalized spacial score (nSPS) is 23.9. The van der Waals surface area contributed by atoms with Crippen LogP contribution in [0.1, 0.15) is 30.6 Å². The highest BCUT2D eigenvalue weighted by atomic mass is 19.1. The van der Waals surface area contributed by atoms with Crippen molar-refractivity contribution in [2.24, 2.45) is 5.92 Å². The number of piperidine rings is 2. The number of hydrogen-bond donors (Lipinski definition) is 0. The van der Waals surface area contributed by atoms with E-state index in [2.05, 4.69) is 9.80 Å². The lowest BCUT2D eigenvalue weighted by Crippen LogP contribution is -2.56. The first-order valence-electron chi connectivity index (χ1n) is 9.48. The zero-order valence-electron chi connectivity index (χ0n) is 14.9. The molecule has 26 heavy (non-hydrogen) atoms. The van der Waals surface area contributed by atoms with Crippen molar-refractivity contribution in [2.45, 2.75) is 38.3 Å². The molecule has 0 unspecified atom stereocenters. The van der Waals surface area contributed by atoms with E-state index in [4.69, 9.17) is 4.42 Å². The second kappa shape index (κ2) is 7.62. The molecule has 0 saturated carbocycles. The standard InChI is InChI=1S/C21H25FN2O2/c22-18-4-1-3-16(13-18)8-11-24-20-9-10-23(15-19-5-2-12-26-19)14-17(20)6-7-21(24)25/h1-5,12-13,17,20H,6-11,14-15H2/t17-,20+/m1/s1. The Kier molecular flexibility index (Phi) is 5.07. The van der Waals surface area contributed by atoms with Crippen molar-refractivity contribution in [3.63, 3.8) is 0 Å². The molecule has 2 atom stereocenters. The molecule has 4 nitrogen and oxygen atoms in total. The molecule has 3 heterocycles. The second-order valence-electron chi connectivity index (χ2n) is 7.44. The van der Waals surface area contributed by atoms with Gasteiger partial charge in [0.25, 0.3) is 0 Å². The van der Waals surface area contributed by atoms with Crippen LogP contribution in [-0.2, 0) is 17.8 Å². The molecule has 0 radical (unpaired) electrons. The Morgan fingerprint density at radius 1 is 1.19 bits per heavy atom. The van der Waals surface area contributed by atoms with E-state index in [9.17, 15) is 9.18 Å². The van der Waals surface area contributed by atoms with E-state index >= 15 is 0 Å². The number of halogens is 1. The fourth-order valence-electron chi connectivity index (χ4n) is 4.43. The lowest BCUT2D eigenvalue weighted by Gasteiger charge is -2.47. The van der Waals surface area contributed by atoms with Gasteiger partial charge in [-0.25, -0.2) is 4.39 Å². The maximum absolute atomic E-state index is 13.4. The first-order valence-corrected chi connectivity index (χ1v) is 9.48. The molecule has 2 aromatic rings. The minimum atomic E-state index is -0.211. The molecule has 138 valence electrons. The average molecular weight is 356 g/mol. The van der Waals surface area contributed by atoms with E-state index in [0.717, 1.165) is 43.8 Å². The van der Waals surface area contributed by atoms with Gasteiger partial charge in [-0.3, -0.25) is 9.69 Å². The van der Waals surface area contributed by atoms with Crippen LogP contribution in [0.2, 0.25) is 0 Å². The predicted octanol–water partition coefficient (Wildman–Crippen LogP) is 3.47. The second-order valence-corrected chi connectivity index (χ2v) is 7.44. The van der Waals surface area contributed by atoms with Crippen molar-refractivity contribution in [1.29, 1.82) is 0 Å². The van der Waals surface area contributed by atoms with Gasteiger partial charge in [-0.1, -0.05) is 12.1 Å². The molecular weight excluding hydrogens is 331 g/mol. The molecule has 2 aliphatic rings. The van der Waals surface area contributed by atoms with Crippen LogP contribution < -0.4 is 0 Å². The number of fused-ring (bicyclic) bond motifs is 1. The summed E-state index contributed by atoms with van der Waals surface area (Å²) in [5.74, 6) is 1.56. The smallest absolute Gasteiger partial charge is 0.222 e. The summed E-state index contributed by atoms with van der Waals surface area (Å²) in [5.41, 5.74) is 0.954. The van der Waals surface area contributed by atoms with E-state index in [0.29, 0.717) is 31.3 Å². The van der Waals surface area contributed by atoms with Crippen LogP contribution >= 0.6 is 0 Å². The largest absolute Gasteiger partial charge is 0.468 e. The van der Waals surface area contributed by atoms with Crippen LogP contribution in [0.4, 0.5) is 4.39 Å². The summed E-state index contributed by atoms with van der Waals surface area (Å²) in [4.78, 5) is 17.0. The molecule has 2 saturated heterocycles. The topological polar surface area (TPSA) is 36.7 Å². The van der Waals surface area contributed by atoms with Crippen molar-refractivity contribution in [3.05, 3.63) is 59.8 Å². The van der Waals surface area contributed by atoms with Crippen LogP contribution in [0.25, 0.3) is 0 Å². The molecule has 2 fully saturated rings. The molecule has 0 spiro atoms. The van der Waals surface area contributed by atoms with Gasteiger partial charge in [-0.15, -0.1) is 0 Å². The van der Waals surface area contributed by atoms with Gasteiger partial charge in [0.15, 0.2) is 0 Å². The van der Waals surface area contributed by atoms with Gasteiger partial charge in [-0.05, 0) is 55.0 Å². The van der Waals surface area contributed by atoms with E-state index in [1.165, 1.54) is 6.07 Å². The zero-order valence-corrected chi connectivity index (χ0v) is 14.9. The number of rotatable bonds is 5. The van der Waals surface area contributed by atoms with Crippen molar-refractivity contribution >= 4 is 5.91 Å². The molecule has 0 bridgehead atoms. The van der Waals surface area contributed by atoms with Crippen LogP contribution in [0, 0.1) is 11.7 Å². The number of likely N-dealkylation sites (tertiary alicyclic amines) is 2. The van der Waals surface area contributed by atoms with Gasteiger partial charge in [0, 0.05) is 32.1 Å². The number of nitrogens with zero attached hydrogens (tertiary/aromatic N) is 2. The highest BCUT2D eigenvalue weighted by Crippen LogP contribution is 2.32. The van der Waals surface area contributed by atoms with E-state index in [1.54, 1.807) is 18.4 Å². The molecule has 5 heteroatoms. The number of furan rings is 1. The number of carbonyl (C=O) groups is 1. The Morgan fingerprint density at radius 2 is 2.12 bits per heavy atom. The van der Waals surface area contributed by atoms with Gasteiger partial charge < -0.3 is 9.32 Å². The predicted molar refractivity (Wildman–Crippen MR) is 96.9 cm³/mol. The lowest BCUT2D eigenvalue weighted by atomic mass is 9.83. The van der Waals surface area contributed by atoms with Gasteiger partial charge in [0.1, 0.15) is 11.6 Å². The monoisotopic (exact) mass is 356 g/mol. The highest BCUT2D eigenvalue weighted by molar-refractivity contribution is 5.77. The number of carbonyl (C=O) groups excluding carboxylic acids is 1. The minimum Gasteiger partial charge on any atom is -0.468 e. The fraction of sp³-hybridized carbons (Fsp3) is 0.476. The Hall–Kier alpha value is -2.14. The van der Waals surface area contributed by atoms with Crippen LogP contribution in [-0.4, -0.2) is 41.4 Å². The zero-order chi connectivity index (χ0) is 17.9. The van der Waals surface area contributed by atoms with Crippen LogP contribution in [0.15, 0.2) is 47.1 Å². The lowest BCUT2D eigenvalue weighted by molar-refractivity contribution is -0.141. The van der Waals surface area contributed by atoms with Gasteiger partial charge >= 0.3 is 0 Å². The quantitative estimate of drug-likeness (QED) is 0.823. The molecule has 1 aromatic carbocycles. The summed E-state index contributed by atoms with van der Waals surface area (Å²) in [6.07, 6.45) is 5.02. The average Bonchev–Trinajstić information content (AvgIpc) is 3.14. The third-order valence-electron chi connectivity index (χ3n) is 5.72. The molecule has 4 rings (SSSR count). The summed E-state index contributed by atoms with van der Waals surface area (Å²) in [6, 6.07) is 11.0. The van der Waals surface area contributed by atoms with E-state index in [1.807, 2.05) is 18.2 Å². The van der Waals surface area contributed by atoms with E-state index in [-0.39, 0.29) is 11.7 Å². The molecular formula is C21H25FN2O2. The Bertz CT molecular complexity index is 746. The van der Waals surface area contributed by atoms with E-state index < -0.39 is 0 Å². The molecule has 1 amide bonds. The number of hydrogen-bond acceptors (Lipinski definition) is 3. The van der Waals surface area contributed by atoms with Crippen molar-refractivity contribution < 1.29 is 13.6 Å². The summed E-state index contributed by atoms with van der Waals surface area (Å²) >= 11 is 0. The summed E-state index contributed by atoms with van der Waals surface area (Å²) in [7, 11) is 0. The first-order chi connectivity index (χ1) is 12.7. The number of amides is 1. The molecule has 2 aliphatic heterocycles. The maximum atomic E-state index is 13.4. The van der Waals surface area contributed by atoms with Crippen LogP contribution in [0.5, 0.6) is 0 Å². The molecule has 0 N–H and O–H groups in total. The highest BCUT2D eigenvalue weighted by Gasteiger charge is 2.39. The number of benzene rings is 1. The third-order valence-corrected chi connectivity index (χ3v) is 5.72. The molecule has 0 aliphatic carbocycles. The minimum absolute atomic E-state index is 0.211. The Labute approximate surface area is 153 Å². The molecule has 1 aromatic heterocycles. The summed E-state index contributed by atoms with van der Waals surface area (Å²) in [5, 5.41) is 0. The Morgan fingerprint density at radius 3 is 2.92 bits per heavy atom. The van der Waals surface area contributed by atoms with Crippen LogP contribution in [0.3, 0.4) is 0 Å². The van der Waals surface area contributed by atoms with Gasteiger partial charge in [0.2, 0.25) is 5.91 Å². The summed E-state index contributed by atoms with van der Waals surface area (Å²) in [6.45, 7) is 3.51. The Balaban J connectivity index is 1.38. The summed E-state index contributed by atoms with van der Waals surface area (Å²) < 4.78 is 18.9.